The highest BCUT2D eigenvalue weighted by Crippen LogP contribution is 2.46. The molecule has 1 N–H and O–H groups in total. The number of hydrogen-bond acceptors (Lipinski definition) is 9. The third-order valence-corrected chi connectivity index (χ3v) is 34.9. The van der Waals surface area contributed by atoms with Crippen LogP contribution >= 0.6 is 11.6 Å². The SMILES string of the molecule is CC[Si](CC)(CC)OCc1c(Cl)c(OC)cc2c(C(=O)O[C@@H]3C=C4C#C[C@@]5([C@H](CO[Si](CC)(CC)CC)O[Si](CC)(CC)CC)O[C@H]5C#CC[C@@]4(O)C3)c(O[Si](CC)(CC)CC)ccc12. The quantitative estimate of drug-likeness (QED) is 0.0427. The molecular weight excluding hydrogens is 904 g/mol. The Bertz CT molecular complexity index is 2110. The van der Waals surface area contributed by atoms with Gasteiger partial charge in [-0.05, 0) is 96.1 Å². The van der Waals surface area contributed by atoms with Gasteiger partial charge >= 0.3 is 5.97 Å². The van der Waals surface area contributed by atoms with Crippen LogP contribution in [0.3, 0.4) is 0 Å². The fourth-order valence-corrected chi connectivity index (χ4v) is 20.9. The van der Waals surface area contributed by atoms with Crippen molar-refractivity contribution in [3.63, 3.8) is 0 Å². The lowest BCUT2D eigenvalue weighted by atomic mass is 9.92. The molecule has 360 valence electrons. The Kier molecular flexibility index (Phi) is 18.4. The summed E-state index contributed by atoms with van der Waals surface area (Å²) in [6.07, 6.45) is 0.336. The minimum absolute atomic E-state index is 0.110. The molecule has 0 unspecified atom stereocenters. The Labute approximate surface area is 400 Å². The van der Waals surface area contributed by atoms with Crippen LogP contribution in [0.2, 0.25) is 77.6 Å². The van der Waals surface area contributed by atoms with Crippen LogP contribution in [0.5, 0.6) is 11.5 Å². The van der Waals surface area contributed by atoms with Crippen LogP contribution in [0, 0.1) is 23.7 Å². The summed E-state index contributed by atoms with van der Waals surface area (Å²) in [5, 5.41) is 14.2. The summed E-state index contributed by atoms with van der Waals surface area (Å²) in [7, 11) is -6.84. The monoisotopic (exact) mass is 982 g/mol. The smallest absolute Gasteiger partial charge is 0.343 e. The lowest BCUT2D eigenvalue weighted by Gasteiger charge is -2.37. The van der Waals surface area contributed by atoms with Crippen LogP contribution < -0.4 is 9.16 Å². The van der Waals surface area contributed by atoms with Crippen molar-refractivity contribution in [1.82, 2.24) is 0 Å². The third kappa shape index (κ3) is 10.9. The molecule has 2 aromatic rings. The summed E-state index contributed by atoms with van der Waals surface area (Å²) < 4.78 is 46.8. The van der Waals surface area contributed by atoms with Gasteiger partial charge in [-0.2, -0.15) is 0 Å². The number of hydrogen-bond donors (Lipinski definition) is 1. The number of halogens is 1. The third-order valence-electron chi connectivity index (χ3n) is 16.0. The molecule has 0 bridgehead atoms. The summed E-state index contributed by atoms with van der Waals surface area (Å²) in [5.41, 5.74) is -0.883. The number of esters is 1. The van der Waals surface area contributed by atoms with Crippen LogP contribution in [0.4, 0.5) is 0 Å². The molecule has 1 saturated heterocycles. The second kappa shape index (κ2) is 22.3. The first-order valence-corrected chi connectivity index (χ1v) is 35.4. The topological polar surface area (TPSA) is 105 Å². The first-order valence-electron chi connectivity index (χ1n) is 24.9. The van der Waals surface area contributed by atoms with E-state index in [4.69, 9.17) is 43.5 Å². The number of ether oxygens (including phenoxy) is 3. The predicted molar refractivity (Wildman–Crippen MR) is 275 cm³/mol. The number of rotatable bonds is 26. The Morgan fingerprint density at radius 1 is 0.800 bits per heavy atom. The second-order valence-electron chi connectivity index (χ2n) is 18.5. The summed E-state index contributed by atoms with van der Waals surface area (Å²) >= 11 is 7.10. The van der Waals surface area contributed by atoms with Crippen LogP contribution in [0.15, 0.2) is 29.8 Å². The zero-order chi connectivity index (χ0) is 47.8. The number of epoxide rings is 1. The molecule has 65 heavy (non-hydrogen) atoms. The van der Waals surface area contributed by atoms with E-state index in [1.165, 1.54) is 0 Å². The summed E-state index contributed by atoms with van der Waals surface area (Å²) in [6, 6.07) is 17.3. The molecular formula is C51H79ClO9Si4. The molecule has 9 nitrogen and oxygen atoms in total. The van der Waals surface area contributed by atoms with Gasteiger partial charge in [-0.1, -0.05) is 124 Å². The van der Waals surface area contributed by atoms with Gasteiger partial charge in [-0.3, -0.25) is 0 Å². The lowest BCUT2D eigenvalue weighted by Crippen LogP contribution is -2.50. The molecule has 1 aliphatic heterocycles. The van der Waals surface area contributed by atoms with Crippen molar-refractivity contribution < 1.29 is 41.8 Å². The standard InChI is InChI=1S/C51H79ClO9Si4/c1-14-62(15-2,16-3)56-36-42-40-28-29-43(60-64(20-7,21-8)22-9)47(41(40)34-44(55-13)48(42)52)49(53)58-39-33-38-30-32-51(45(59-51)27-26-31-50(38,54)35-39)46(61-65(23-10,24-11)25-12)37-57-63(17-4,18-5)19-6/h28-29,33-34,39,45-46,54H,14-25,31,35-37H2,1-13H3/t39-,45+,46+,50-,51-/m1/s1. The summed E-state index contributed by atoms with van der Waals surface area (Å²) in [5.74, 6) is 13.8. The van der Waals surface area contributed by atoms with Crippen LogP contribution in [-0.2, 0) is 29.4 Å². The molecule has 1 fully saturated rings. The van der Waals surface area contributed by atoms with Gasteiger partial charge in [-0.15, -0.1) is 0 Å². The average molecular weight is 984 g/mol. The maximum Gasteiger partial charge on any atom is 0.343 e. The van der Waals surface area contributed by atoms with Gasteiger partial charge in [-0.25, -0.2) is 4.79 Å². The average Bonchev–Trinajstić information content (AvgIpc) is 3.93. The molecule has 0 amide bonds. The molecule has 2 aliphatic carbocycles. The van der Waals surface area contributed by atoms with E-state index in [1.807, 2.05) is 18.2 Å². The molecule has 0 aromatic heterocycles. The Hall–Kier alpha value is -2.41. The van der Waals surface area contributed by atoms with Gasteiger partial charge in [0.15, 0.2) is 36.7 Å². The van der Waals surface area contributed by atoms with Gasteiger partial charge < -0.3 is 37.0 Å². The van der Waals surface area contributed by atoms with E-state index in [0.29, 0.717) is 46.3 Å². The van der Waals surface area contributed by atoms with Crippen LogP contribution in [-0.4, -0.2) is 87.6 Å². The van der Waals surface area contributed by atoms with Crippen LogP contribution in [0.25, 0.3) is 10.8 Å². The number of carbonyl (C=O) groups is 1. The fraction of sp³-hybridized carbons (Fsp3) is 0.667. The molecule has 5 atom stereocenters. The molecule has 2 aromatic carbocycles. The highest BCUT2D eigenvalue weighted by Gasteiger charge is 2.63. The molecule has 0 saturated carbocycles. The van der Waals surface area contributed by atoms with E-state index >= 15 is 0 Å². The van der Waals surface area contributed by atoms with E-state index in [-0.39, 0.29) is 12.8 Å². The number of fused-ring (bicyclic) bond motifs is 3. The minimum atomic E-state index is -2.28. The molecule has 5 rings (SSSR count). The molecule has 0 spiro atoms. The van der Waals surface area contributed by atoms with E-state index in [0.717, 1.165) is 83.5 Å². The van der Waals surface area contributed by atoms with Gasteiger partial charge in [0.2, 0.25) is 0 Å². The molecule has 14 heteroatoms. The van der Waals surface area contributed by atoms with Gasteiger partial charge in [0.1, 0.15) is 34.9 Å². The molecule has 3 aliphatic rings. The molecule has 1 heterocycles. The summed E-state index contributed by atoms with van der Waals surface area (Å²) in [4.78, 5) is 15.0. The first-order chi connectivity index (χ1) is 31.1. The number of carbonyl (C=O) groups excluding carboxylic acids is 1. The lowest BCUT2D eigenvalue weighted by molar-refractivity contribution is 0.0194. The summed E-state index contributed by atoms with van der Waals surface area (Å²) in [6.45, 7) is 27.2. The van der Waals surface area contributed by atoms with Crippen LogP contribution in [0.1, 0.15) is 112 Å². The highest BCUT2D eigenvalue weighted by molar-refractivity contribution is 6.75. The maximum atomic E-state index is 15.0. The second-order valence-corrected chi connectivity index (χ2v) is 37.8. The molecule has 0 radical (unpaired) electrons. The largest absolute Gasteiger partial charge is 0.543 e. The van der Waals surface area contributed by atoms with E-state index in [2.05, 4.69) is 107 Å². The van der Waals surface area contributed by atoms with Gasteiger partial charge in [0.25, 0.3) is 8.32 Å². The Morgan fingerprint density at radius 2 is 1.37 bits per heavy atom. The van der Waals surface area contributed by atoms with Crippen molar-refractivity contribution in [3.05, 3.63) is 46.0 Å². The first kappa shape index (κ1) is 53.5. The predicted octanol–water partition coefficient (Wildman–Crippen LogP) is 13.0. The van der Waals surface area contributed by atoms with E-state index in [9.17, 15) is 9.90 Å². The van der Waals surface area contributed by atoms with Crippen molar-refractivity contribution in [1.29, 1.82) is 0 Å². The van der Waals surface area contributed by atoms with Crippen molar-refractivity contribution in [3.8, 4) is 35.2 Å². The van der Waals surface area contributed by atoms with E-state index in [1.54, 1.807) is 13.2 Å². The van der Waals surface area contributed by atoms with Crippen molar-refractivity contribution in [2.24, 2.45) is 0 Å². The highest BCUT2D eigenvalue weighted by atomic mass is 35.5. The zero-order valence-electron chi connectivity index (χ0n) is 41.9. The van der Waals surface area contributed by atoms with Gasteiger partial charge in [0, 0.05) is 29.4 Å². The van der Waals surface area contributed by atoms with E-state index < -0.39 is 68.8 Å². The Balaban J connectivity index is 1.59. The Morgan fingerprint density at radius 3 is 1.92 bits per heavy atom. The zero-order valence-corrected chi connectivity index (χ0v) is 46.7. The number of methoxy groups -OCH3 is 1. The normalized spacial score (nSPS) is 22.2. The van der Waals surface area contributed by atoms with Crippen molar-refractivity contribution >= 4 is 61.6 Å². The van der Waals surface area contributed by atoms with Crippen molar-refractivity contribution in [2.75, 3.05) is 13.7 Å². The fourth-order valence-electron chi connectivity index (χ4n) is 10.0. The number of aliphatic hydroxyl groups is 1. The maximum absolute atomic E-state index is 15.0. The minimum Gasteiger partial charge on any atom is -0.543 e. The van der Waals surface area contributed by atoms with Gasteiger partial charge in [0.05, 0.1) is 25.3 Å². The van der Waals surface area contributed by atoms with Crippen molar-refractivity contribution in [2.45, 2.75) is 205 Å². The number of benzene rings is 2.